The highest BCUT2D eigenvalue weighted by Crippen LogP contribution is 2.17. The van der Waals surface area contributed by atoms with Gasteiger partial charge in [0.2, 0.25) is 0 Å². The first-order chi connectivity index (χ1) is 8.53. The highest BCUT2D eigenvalue weighted by Gasteiger charge is 2.19. The van der Waals surface area contributed by atoms with Crippen LogP contribution in [-0.4, -0.2) is 6.18 Å². The van der Waals surface area contributed by atoms with Crippen LogP contribution in [0.3, 0.4) is 0 Å². The third kappa shape index (κ3) is 5.34. The third-order valence-electron chi connectivity index (χ3n) is 2.11. The lowest BCUT2D eigenvalue weighted by Gasteiger charge is -1.98. The molecule has 2 aromatic carbocycles. The first kappa shape index (κ1) is 14.0. The van der Waals surface area contributed by atoms with E-state index in [9.17, 15) is 13.2 Å². The molecule has 0 atom stereocenters. The monoisotopic (exact) mass is 250 g/mol. The summed E-state index contributed by atoms with van der Waals surface area (Å²) < 4.78 is 32.0. The van der Waals surface area contributed by atoms with Crippen molar-refractivity contribution in [2.24, 2.45) is 0 Å². The van der Waals surface area contributed by atoms with Gasteiger partial charge < -0.3 is 0 Å². The summed E-state index contributed by atoms with van der Waals surface area (Å²) in [4.78, 5) is 0. The topological polar surface area (TPSA) is 0 Å². The molecule has 0 aromatic heterocycles. The fourth-order valence-electron chi connectivity index (χ4n) is 1.26. The number of hydrogen-bond donors (Lipinski definition) is 0. The molecule has 0 bridgehead atoms. The van der Waals surface area contributed by atoms with Crippen LogP contribution in [0.1, 0.15) is 0 Å². The number of benzene rings is 2. The van der Waals surface area contributed by atoms with E-state index >= 15 is 0 Å². The van der Waals surface area contributed by atoms with E-state index in [1.165, 1.54) is 11.1 Å². The van der Waals surface area contributed by atoms with Gasteiger partial charge in [-0.3, -0.25) is 0 Å². The quantitative estimate of drug-likeness (QED) is 0.618. The summed E-state index contributed by atoms with van der Waals surface area (Å²) in [5, 5.41) is 0. The van der Waals surface area contributed by atoms with Crippen LogP contribution >= 0.6 is 0 Å². The summed E-state index contributed by atoms with van der Waals surface area (Å²) in [6.07, 6.45) is -4.26. The molecule has 0 radical (unpaired) electrons. The summed E-state index contributed by atoms with van der Waals surface area (Å²) >= 11 is 0. The standard InChI is InChI=1S/C12H10.C3H3F3/c1-3-7-11(8-4-1)12-9-5-2-6-10-12;1-2-3(4,5)6/h1-10H;2H,1H2. The van der Waals surface area contributed by atoms with Gasteiger partial charge in [-0.25, -0.2) is 0 Å². The zero-order valence-corrected chi connectivity index (χ0v) is 9.69. The Hall–Kier alpha value is -2.03. The summed E-state index contributed by atoms with van der Waals surface area (Å²) in [5.41, 5.74) is 2.55. The predicted octanol–water partition coefficient (Wildman–Crippen LogP) is 5.09. The molecule has 0 fully saturated rings. The van der Waals surface area contributed by atoms with E-state index in [0.717, 1.165) is 0 Å². The first-order valence-electron chi connectivity index (χ1n) is 5.34. The molecule has 0 heterocycles. The van der Waals surface area contributed by atoms with Crippen LogP contribution in [0.15, 0.2) is 73.3 Å². The molecule has 0 nitrogen and oxygen atoms in total. The van der Waals surface area contributed by atoms with E-state index in [-0.39, 0.29) is 6.08 Å². The lowest BCUT2D eigenvalue weighted by Crippen LogP contribution is -1.98. The van der Waals surface area contributed by atoms with Gasteiger partial charge in [0.1, 0.15) is 0 Å². The minimum absolute atomic E-state index is 0.0625. The Morgan fingerprint density at radius 3 is 1.22 bits per heavy atom. The molecule has 0 aliphatic heterocycles. The van der Waals surface area contributed by atoms with Gasteiger partial charge >= 0.3 is 6.18 Å². The Morgan fingerprint density at radius 2 is 1.00 bits per heavy atom. The Bertz CT molecular complexity index is 421. The summed E-state index contributed by atoms with van der Waals surface area (Å²) in [5.74, 6) is 0. The van der Waals surface area contributed by atoms with Crippen LogP contribution in [0.25, 0.3) is 11.1 Å². The van der Waals surface area contributed by atoms with Crippen LogP contribution in [0.4, 0.5) is 13.2 Å². The summed E-state index contributed by atoms with van der Waals surface area (Å²) in [6.45, 7) is 2.51. The van der Waals surface area contributed by atoms with Crippen molar-refractivity contribution in [1.82, 2.24) is 0 Å². The minimum atomic E-state index is -4.19. The molecule has 2 rings (SSSR count). The Kier molecular flexibility index (Phi) is 5.18. The van der Waals surface area contributed by atoms with E-state index in [4.69, 9.17) is 0 Å². The summed E-state index contributed by atoms with van der Waals surface area (Å²) in [6, 6.07) is 20.8. The van der Waals surface area contributed by atoms with E-state index in [1.807, 2.05) is 12.1 Å². The molecule has 0 N–H and O–H groups in total. The fourth-order valence-corrected chi connectivity index (χ4v) is 1.26. The molecule has 0 spiro atoms. The maximum absolute atomic E-state index is 10.7. The smallest absolute Gasteiger partial charge is 0.167 e. The SMILES string of the molecule is C=CC(F)(F)F.c1ccc(-c2ccccc2)cc1. The molecule has 94 valence electrons. The molecule has 0 unspecified atom stereocenters. The van der Waals surface area contributed by atoms with Crippen molar-refractivity contribution in [2.45, 2.75) is 6.18 Å². The van der Waals surface area contributed by atoms with Gasteiger partial charge in [-0.1, -0.05) is 67.2 Å². The molecular formula is C15H13F3. The molecule has 0 amide bonds. The van der Waals surface area contributed by atoms with Gasteiger partial charge in [0.15, 0.2) is 0 Å². The van der Waals surface area contributed by atoms with Gasteiger partial charge in [0.25, 0.3) is 0 Å². The molecule has 0 saturated heterocycles. The number of allylic oxidation sites excluding steroid dienone is 1. The zero-order chi connectivity index (χ0) is 13.4. The second-order valence-corrected chi connectivity index (χ2v) is 3.48. The normalized spacial score (nSPS) is 10.2. The van der Waals surface area contributed by atoms with Crippen molar-refractivity contribution in [1.29, 1.82) is 0 Å². The number of rotatable bonds is 1. The highest BCUT2D eigenvalue weighted by molar-refractivity contribution is 5.62. The van der Waals surface area contributed by atoms with Gasteiger partial charge in [-0.2, -0.15) is 13.2 Å². The number of halogens is 3. The largest absolute Gasteiger partial charge is 0.409 e. The van der Waals surface area contributed by atoms with E-state index in [1.54, 1.807) is 0 Å². The Balaban J connectivity index is 0.000000232. The maximum atomic E-state index is 10.7. The minimum Gasteiger partial charge on any atom is -0.167 e. The fraction of sp³-hybridized carbons (Fsp3) is 0.0667. The van der Waals surface area contributed by atoms with Gasteiger partial charge in [0, 0.05) is 6.08 Å². The predicted molar refractivity (Wildman–Crippen MR) is 68.1 cm³/mol. The molecule has 2 aromatic rings. The molecule has 0 saturated carbocycles. The van der Waals surface area contributed by atoms with Gasteiger partial charge in [-0.15, -0.1) is 0 Å². The van der Waals surface area contributed by atoms with Crippen molar-refractivity contribution in [3.8, 4) is 11.1 Å². The second kappa shape index (κ2) is 6.64. The van der Waals surface area contributed by atoms with Crippen molar-refractivity contribution in [3.05, 3.63) is 73.3 Å². The molecule has 0 aliphatic carbocycles. The lowest BCUT2D eigenvalue weighted by atomic mass is 10.1. The average molecular weight is 250 g/mol. The number of alkyl halides is 3. The van der Waals surface area contributed by atoms with Crippen molar-refractivity contribution < 1.29 is 13.2 Å². The van der Waals surface area contributed by atoms with E-state index in [0.29, 0.717) is 0 Å². The average Bonchev–Trinajstić information content (AvgIpc) is 2.41. The van der Waals surface area contributed by atoms with Crippen molar-refractivity contribution in [2.75, 3.05) is 0 Å². The first-order valence-corrected chi connectivity index (χ1v) is 5.34. The van der Waals surface area contributed by atoms with E-state index in [2.05, 4.69) is 55.1 Å². The van der Waals surface area contributed by atoms with Crippen molar-refractivity contribution >= 4 is 0 Å². The van der Waals surface area contributed by atoms with Gasteiger partial charge in [-0.05, 0) is 11.1 Å². The van der Waals surface area contributed by atoms with Crippen LogP contribution in [-0.2, 0) is 0 Å². The lowest BCUT2D eigenvalue weighted by molar-refractivity contribution is -0.0795. The Labute approximate surface area is 104 Å². The van der Waals surface area contributed by atoms with Crippen LogP contribution in [0.2, 0.25) is 0 Å². The Morgan fingerprint density at radius 1 is 0.722 bits per heavy atom. The maximum Gasteiger partial charge on any atom is 0.409 e. The zero-order valence-electron chi connectivity index (χ0n) is 9.69. The van der Waals surface area contributed by atoms with Crippen LogP contribution in [0, 0.1) is 0 Å². The van der Waals surface area contributed by atoms with E-state index < -0.39 is 6.18 Å². The molecule has 18 heavy (non-hydrogen) atoms. The van der Waals surface area contributed by atoms with Crippen LogP contribution in [0.5, 0.6) is 0 Å². The second-order valence-electron chi connectivity index (χ2n) is 3.48. The van der Waals surface area contributed by atoms with Crippen LogP contribution < -0.4 is 0 Å². The molecular weight excluding hydrogens is 237 g/mol. The van der Waals surface area contributed by atoms with Gasteiger partial charge in [0.05, 0.1) is 0 Å². The highest BCUT2D eigenvalue weighted by atomic mass is 19.4. The van der Waals surface area contributed by atoms with Crippen molar-refractivity contribution in [3.63, 3.8) is 0 Å². The molecule has 3 heteroatoms. The number of hydrogen-bond acceptors (Lipinski definition) is 0. The summed E-state index contributed by atoms with van der Waals surface area (Å²) in [7, 11) is 0. The molecule has 0 aliphatic rings. The third-order valence-corrected chi connectivity index (χ3v) is 2.11.